The van der Waals surface area contributed by atoms with Crippen molar-refractivity contribution < 1.29 is 0 Å². The molecule has 0 unspecified atom stereocenters. The van der Waals surface area contributed by atoms with Gasteiger partial charge in [-0.2, -0.15) is 0 Å². The maximum absolute atomic E-state index is 6.15. The molecule has 0 amide bonds. The van der Waals surface area contributed by atoms with E-state index < -0.39 is 0 Å². The fraction of sp³-hybridized carbons (Fsp3) is 0.0714. The topological polar surface area (TPSA) is 43.3 Å². The van der Waals surface area contributed by atoms with Crippen LogP contribution in [0.1, 0.15) is 5.56 Å². The van der Waals surface area contributed by atoms with Gasteiger partial charge in [-0.25, -0.2) is 4.98 Å². The van der Waals surface area contributed by atoms with Gasteiger partial charge in [-0.1, -0.05) is 35.4 Å². The van der Waals surface area contributed by atoms with Crippen LogP contribution >= 0.6 is 11.6 Å². The first-order chi connectivity index (χ1) is 8.65. The minimum absolute atomic E-state index is 0.492. The van der Waals surface area contributed by atoms with Crippen molar-refractivity contribution in [1.82, 2.24) is 9.38 Å². The normalized spacial score (nSPS) is 11.0. The molecule has 3 rings (SSSR count). The largest absolute Gasteiger partial charge is 0.398 e. The van der Waals surface area contributed by atoms with Gasteiger partial charge in [0.1, 0.15) is 5.82 Å². The van der Waals surface area contributed by atoms with Gasteiger partial charge < -0.3 is 5.73 Å². The fourth-order valence-corrected chi connectivity index (χ4v) is 2.29. The summed E-state index contributed by atoms with van der Waals surface area (Å²) in [6.07, 6.45) is 1.84. The second-order valence-electron chi connectivity index (χ2n) is 4.31. The molecule has 90 valence electrons. The van der Waals surface area contributed by atoms with Crippen molar-refractivity contribution in [2.24, 2.45) is 0 Å². The first-order valence-corrected chi connectivity index (χ1v) is 6.03. The standard InChI is InChI=1S/C14H12ClN3/c1-9-3-2-4-10(7-9)14-17-13(15)12-6-5-11(16)8-18(12)14/h2-8H,16H2,1H3. The number of fused-ring (bicyclic) bond motifs is 1. The molecule has 0 fully saturated rings. The number of aromatic nitrogens is 2. The van der Waals surface area contributed by atoms with E-state index in [1.54, 1.807) is 0 Å². The number of hydrogen-bond acceptors (Lipinski definition) is 2. The van der Waals surface area contributed by atoms with Crippen molar-refractivity contribution in [2.45, 2.75) is 6.92 Å². The number of nitrogens with two attached hydrogens (primary N) is 1. The Morgan fingerprint density at radius 1 is 1.22 bits per heavy atom. The number of rotatable bonds is 1. The summed E-state index contributed by atoms with van der Waals surface area (Å²) >= 11 is 6.15. The van der Waals surface area contributed by atoms with E-state index in [0.717, 1.165) is 16.9 Å². The Labute approximate surface area is 110 Å². The molecule has 0 aliphatic carbocycles. The lowest BCUT2D eigenvalue weighted by molar-refractivity contribution is 1.16. The Morgan fingerprint density at radius 2 is 2.06 bits per heavy atom. The molecule has 0 atom stereocenters. The van der Waals surface area contributed by atoms with Gasteiger partial charge in [-0.15, -0.1) is 0 Å². The van der Waals surface area contributed by atoms with Crippen LogP contribution in [-0.2, 0) is 0 Å². The van der Waals surface area contributed by atoms with E-state index in [0.29, 0.717) is 10.8 Å². The average Bonchev–Trinajstić information content (AvgIpc) is 2.66. The Bertz CT molecular complexity index is 731. The van der Waals surface area contributed by atoms with Gasteiger partial charge >= 0.3 is 0 Å². The van der Waals surface area contributed by atoms with Gasteiger partial charge in [-0.05, 0) is 25.1 Å². The summed E-state index contributed by atoms with van der Waals surface area (Å²) in [6, 6.07) is 11.9. The van der Waals surface area contributed by atoms with Crippen LogP contribution in [-0.4, -0.2) is 9.38 Å². The van der Waals surface area contributed by atoms with Crippen LogP contribution in [0.3, 0.4) is 0 Å². The molecule has 3 nitrogen and oxygen atoms in total. The second-order valence-corrected chi connectivity index (χ2v) is 4.67. The molecule has 3 aromatic rings. The highest BCUT2D eigenvalue weighted by atomic mass is 35.5. The van der Waals surface area contributed by atoms with E-state index in [1.807, 2.05) is 34.9 Å². The summed E-state index contributed by atoms with van der Waals surface area (Å²) in [6.45, 7) is 2.05. The summed E-state index contributed by atoms with van der Waals surface area (Å²) in [5.74, 6) is 0.811. The molecule has 4 heteroatoms. The van der Waals surface area contributed by atoms with Crippen LogP contribution in [0.25, 0.3) is 16.9 Å². The number of nitrogen functional groups attached to an aromatic ring is 1. The fourth-order valence-electron chi connectivity index (χ4n) is 2.05. The van der Waals surface area contributed by atoms with Crippen molar-refractivity contribution in [3.05, 3.63) is 53.3 Å². The molecule has 0 saturated heterocycles. The molecule has 2 N–H and O–H groups in total. The molecular weight excluding hydrogens is 246 g/mol. The number of hydrogen-bond donors (Lipinski definition) is 1. The highest BCUT2D eigenvalue weighted by Crippen LogP contribution is 2.27. The maximum Gasteiger partial charge on any atom is 0.155 e. The van der Waals surface area contributed by atoms with E-state index in [2.05, 4.69) is 24.0 Å². The lowest BCUT2D eigenvalue weighted by atomic mass is 10.1. The maximum atomic E-state index is 6.15. The van der Waals surface area contributed by atoms with Crippen molar-refractivity contribution in [2.75, 3.05) is 5.73 Å². The number of benzene rings is 1. The van der Waals surface area contributed by atoms with Gasteiger partial charge in [0, 0.05) is 17.4 Å². The quantitative estimate of drug-likeness (QED) is 0.725. The van der Waals surface area contributed by atoms with E-state index >= 15 is 0 Å². The Morgan fingerprint density at radius 3 is 2.83 bits per heavy atom. The van der Waals surface area contributed by atoms with Crippen molar-refractivity contribution in [3.63, 3.8) is 0 Å². The Kier molecular flexibility index (Phi) is 2.49. The molecule has 2 heterocycles. The van der Waals surface area contributed by atoms with Gasteiger partial charge in [0.25, 0.3) is 0 Å². The van der Waals surface area contributed by atoms with Crippen LogP contribution in [0, 0.1) is 6.92 Å². The van der Waals surface area contributed by atoms with Gasteiger partial charge in [0.2, 0.25) is 0 Å². The molecule has 0 spiro atoms. The summed E-state index contributed by atoms with van der Waals surface area (Å²) in [5.41, 5.74) is 9.58. The SMILES string of the molecule is Cc1cccc(-c2nc(Cl)c3ccc(N)cn23)c1. The number of nitrogens with zero attached hydrogens (tertiary/aromatic N) is 2. The minimum atomic E-state index is 0.492. The Hall–Kier alpha value is -2.00. The zero-order chi connectivity index (χ0) is 12.7. The second kappa shape index (κ2) is 4.03. The summed E-state index contributed by atoms with van der Waals surface area (Å²) < 4.78 is 1.92. The van der Waals surface area contributed by atoms with Gasteiger partial charge in [0.15, 0.2) is 5.15 Å². The molecule has 0 radical (unpaired) electrons. The number of halogens is 1. The number of pyridine rings is 1. The summed E-state index contributed by atoms with van der Waals surface area (Å²) in [5, 5.41) is 0.492. The van der Waals surface area contributed by atoms with Crippen molar-refractivity contribution in [1.29, 1.82) is 0 Å². The van der Waals surface area contributed by atoms with Crippen molar-refractivity contribution in [3.8, 4) is 11.4 Å². The van der Waals surface area contributed by atoms with Crippen LogP contribution < -0.4 is 5.73 Å². The molecule has 18 heavy (non-hydrogen) atoms. The summed E-state index contributed by atoms with van der Waals surface area (Å²) in [7, 11) is 0. The Balaban J connectivity index is 2.32. The third-order valence-electron chi connectivity index (χ3n) is 2.89. The molecule has 1 aromatic carbocycles. The number of imidazole rings is 1. The van der Waals surface area contributed by atoms with Gasteiger partial charge in [0.05, 0.1) is 5.52 Å². The predicted octanol–water partition coefficient (Wildman–Crippen LogP) is 3.55. The first kappa shape index (κ1) is 11.1. The average molecular weight is 258 g/mol. The van der Waals surface area contributed by atoms with Crippen LogP contribution in [0.2, 0.25) is 5.15 Å². The van der Waals surface area contributed by atoms with E-state index in [1.165, 1.54) is 5.56 Å². The zero-order valence-electron chi connectivity index (χ0n) is 9.89. The molecule has 0 aliphatic heterocycles. The third kappa shape index (κ3) is 1.73. The lowest BCUT2D eigenvalue weighted by Crippen LogP contribution is -1.93. The highest BCUT2D eigenvalue weighted by molar-refractivity contribution is 6.32. The third-order valence-corrected chi connectivity index (χ3v) is 3.17. The van der Waals surface area contributed by atoms with E-state index in [9.17, 15) is 0 Å². The van der Waals surface area contributed by atoms with Crippen LogP contribution in [0.4, 0.5) is 5.69 Å². The van der Waals surface area contributed by atoms with Crippen LogP contribution in [0.5, 0.6) is 0 Å². The molecule has 0 aliphatic rings. The first-order valence-electron chi connectivity index (χ1n) is 5.65. The summed E-state index contributed by atoms with van der Waals surface area (Å²) in [4.78, 5) is 4.42. The van der Waals surface area contributed by atoms with Crippen molar-refractivity contribution >= 4 is 22.8 Å². The van der Waals surface area contributed by atoms with Crippen LogP contribution in [0.15, 0.2) is 42.6 Å². The van der Waals surface area contributed by atoms with Gasteiger partial charge in [-0.3, -0.25) is 4.40 Å². The van der Waals surface area contributed by atoms with E-state index in [-0.39, 0.29) is 0 Å². The zero-order valence-corrected chi connectivity index (χ0v) is 10.6. The molecule has 0 bridgehead atoms. The molecule has 2 aromatic heterocycles. The molecule has 0 saturated carbocycles. The predicted molar refractivity (Wildman–Crippen MR) is 74.8 cm³/mol. The highest BCUT2D eigenvalue weighted by Gasteiger charge is 2.11. The lowest BCUT2D eigenvalue weighted by Gasteiger charge is -2.03. The number of aryl methyl sites for hydroxylation is 1. The van der Waals surface area contributed by atoms with E-state index in [4.69, 9.17) is 17.3 Å². The smallest absolute Gasteiger partial charge is 0.155 e. The number of anilines is 1. The molecular formula is C14H12ClN3. The monoisotopic (exact) mass is 257 g/mol. The minimum Gasteiger partial charge on any atom is -0.398 e.